The van der Waals surface area contributed by atoms with Crippen molar-refractivity contribution in [3.05, 3.63) is 42.5 Å². The van der Waals surface area contributed by atoms with E-state index in [1.165, 1.54) is 10.8 Å². The first-order valence-electron chi connectivity index (χ1n) is 6.73. The van der Waals surface area contributed by atoms with Crippen LogP contribution in [0.25, 0.3) is 10.8 Å². The molecule has 0 saturated carbocycles. The van der Waals surface area contributed by atoms with Crippen LogP contribution in [0, 0.1) is 0 Å². The monoisotopic (exact) mass is 241 g/mol. The maximum Gasteiger partial charge on any atom is 0.127 e. The molecule has 1 atom stereocenters. The highest BCUT2D eigenvalue weighted by Crippen LogP contribution is 2.27. The van der Waals surface area contributed by atoms with Gasteiger partial charge in [0.25, 0.3) is 0 Å². The minimum atomic E-state index is 0.343. The molecule has 1 aliphatic rings. The molecule has 18 heavy (non-hydrogen) atoms. The van der Waals surface area contributed by atoms with Gasteiger partial charge < -0.3 is 4.74 Å². The largest absolute Gasteiger partial charge is 0.488 e. The van der Waals surface area contributed by atoms with Crippen LogP contribution in [0.5, 0.6) is 5.75 Å². The quantitative estimate of drug-likeness (QED) is 0.817. The lowest BCUT2D eigenvalue weighted by Crippen LogP contribution is -2.24. The van der Waals surface area contributed by atoms with Gasteiger partial charge in [-0.2, -0.15) is 0 Å². The van der Waals surface area contributed by atoms with Crippen LogP contribution in [0.2, 0.25) is 0 Å². The molecule has 1 saturated heterocycles. The van der Waals surface area contributed by atoms with Gasteiger partial charge in [-0.25, -0.2) is 0 Å². The summed E-state index contributed by atoms with van der Waals surface area (Å²) in [6, 6.07) is 14.7. The molecule has 2 aromatic rings. The zero-order valence-corrected chi connectivity index (χ0v) is 10.8. The number of benzene rings is 2. The fourth-order valence-electron chi connectivity index (χ4n) is 2.66. The Labute approximate surface area is 108 Å². The van der Waals surface area contributed by atoms with E-state index in [0.29, 0.717) is 6.10 Å². The van der Waals surface area contributed by atoms with Gasteiger partial charge in [-0.3, -0.25) is 4.90 Å². The van der Waals surface area contributed by atoms with Gasteiger partial charge in [-0.15, -0.1) is 0 Å². The van der Waals surface area contributed by atoms with Crippen LogP contribution < -0.4 is 4.74 Å². The smallest absolute Gasteiger partial charge is 0.127 e. The van der Waals surface area contributed by atoms with Crippen LogP contribution in [-0.2, 0) is 0 Å². The lowest BCUT2D eigenvalue weighted by molar-refractivity contribution is 0.205. The molecule has 0 radical (unpaired) electrons. The normalized spacial score (nSPS) is 20.4. The number of nitrogens with zero attached hydrogens (tertiary/aromatic N) is 1. The number of likely N-dealkylation sites (N-methyl/N-ethyl adjacent to an activating group) is 1. The fourth-order valence-corrected chi connectivity index (χ4v) is 2.66. The molecule has 0 amide bonds. The second kappa shape index (κ2) is 4.99. The molecule has 0 aromatic heterocycles. The summed E-state index contributed by atoms with van der Waals surface area (Å²) in [5, 5.41) is 2.47. The van der Waals surface area contributed by atoms with E-state index in [0.717, 1.165) is 31.8 Å². The lowest BCUT2D eigenvalue weighted by Gasteiger charge is -2.16. The third-order valence-electron chi connectivity index (χ3n) is 3.72. The van der Waals surface area contributed by atoms with Crippen molar-refractivity contribution >= 4 is 10.8 Å². The van der Waals surface area contributed by atoms with Crippen LogP contribution in [-0.4, -0.2) is 30.6 Å². The molecule has 1 heterocycles. The van der Waals surface area contributed by atoms with Crippen molar-refractivity contribution in [2.75, 3.05) is 19.6 Å². The molecule has 0 aliphatic carbocycles. The maximum absolute atomic E-state index is 6.18. The molecule has 0 bridgehead atoms. The van der Waals surface area contributed by atoms with Gasteiger partial charge in [-0.1, -0.05) is 43.3 Å². The van der Waals surface area contributed by atoms with E-state index in [9.17, 15) is 0 Å². The second-order valence-electron chi connectivity index (χ2n) is 4.90. The molecule has 94 valence electrons. The first-order valence-corrected chi connectivity index (χ1v) is 6.73. The Morgan fingerprint density at radius 2 is 2.00 bits per heavy atom. The Morgan fingerprint density at radius 1 is 1.17 bits per heavy atom. The Bertz CT molecular complexity index is 532. The Morgan fingerprint density at radius 3 is 2.83 bits per heavy atom. The zero-order valence-electron chi connectivity index (χ0n) is 10.8. The van der Waals surface area contributed by atoms with E-state index in [-0.39, 0.29) is 0 Å². The van der Waals surface area contributed by atoms with Gasteiger partial charge in [0.15, 0.2) is 0 Å². The third-order valence-corrected chi connectivity index (χ3v) is 3.72. The number of ether oxygens (including phenoxy) is 1. The molecule has 2 nitrogen and oxygen atoms in total. The summed E-state index contributed by atoms with van der Waals surface area (Å²) in [5.41, 5.74) is 0. The summed E-state index contributed by atoms with van der Waals surface area (Å²) >= 11 is 0. The van der Waals surface area contributed by atoms with Crippen LogP contribution in [0.4, 0.5) is 0 Å². The summed E-state index contributed by atoms with van der Waals surface area (Å²) in [7, 11) is 0. The summed E-state index contributed by atoms with van der Waals surface area (Å²) in [4.78, 5) is 2.44. The van der Waals surface area contributed by atoms with Crippen LogP contribution in [0.3, 0.4) is 0 Å². The van der Waals surface area contributed by atoms with Crippen molar-refractivity contribution in [1.82, 2.24) is 4.90 Å². The van der Waals surface area contributed by atoms with E-state index < -0.39 is 0 Å². The molecule has 1 aliphatic heterocycles. The predicted octanol–water partition coefficient (Wildman–Crippen LogP) is 3.31. The van der Waals surface area contributed by atoms with Crippen LogP contribution in [0.1, 0.15) is 13.3 Å². The van der Waals surface area contributed by atoms with Crippen molar-refractivity contribution in [2.24, 2.45) is 0 Å². The van der Waals surface area contributed by atoms with Crippen LogP contribution >= 0.6 is 0 Å². The Balaban J connectivity index is 1.83. The average Bonchev–Trinajstić information content (AvgIpc) is 2.87. The van der Waals surface area contributed by atoms with E-state index in [4.69, 9.17) is 4.74 Å². The zero-order chi connectivity index (χ0) is 12.4. The van der Waals surface area contributed by atoms with Gasteiger partial charge in [0, 0.05) is 18.5 Å². The molecule has 2 aromatic carbocycles. The highest BCUT2D eigenvalue weighted by Gasteiger charge is 2.22. The van der Waals surface area contributed by atoms with Gasteiger partial charge in [-0.05, 0) is 24.4 Å². The molecule has 0 N–H and O–H groups in total. The fraction of sp³-hybridized carbons (Fsp3) is 0.375. The average molecular weight is 241 g/mol. The van der Waals surface area contributed by atoms with Crippen molar-refractivity contribution in [3.63, 3.8) is 0 Å². The van der Waals surface area contributed by atoms with Crippen molar-refractivity contribution in [2.45, 2.75) is 19.4 Å². The van der Waals surface area contributed by atoms with Crippen molar-refractivity contribution in [3.8, 4) is 5.75 Å². The highest BCUT2D eigenvalue weighted by molar-refractivity contribution is 5.88. The highest BCUT2D eigenvalue weighted by atomic mass is 16.5. The maximum atomic E-state index is 6.18. The topological polar surface area (TPSA) is 12.5 Å². The predicted molar refractivity (Wildman–Crippen MR) is 75.1 cm³/mol. The standard InChI is InChI=1S/C16H19NO/c1-2-17-11-10-14(12-17)18-16-9-5-7-13-6-3-4-8-15(13)16/h3-9,14H,2,10-12H2,1H3. The lowest BCUT2D eigenvalue weighted by atomic mass is 10.1. The number of likely N-dealkylation sites (tertiary alicyclic amines) is 1. The van der Waals surface area contributed by atoms with E-state index >= 15 is 0 Å². The number of fused-ring (bicyclic) bond motifs is 1. The van der Waals surface area contributed by atoms with Gasteiger partial charge in [0.05, 0.1) is 0 Å². The van der Waals surface area contributed by atoms with Gasteiger partial charge >= 0.3 is 0 Å². The molecule has 1 unspecified atom stereocenters. The Hall–Kier alpha value is -1.54. The van der Waals surface area contributed by atoms with Crippen LogP contribution in [0.15, 0.2) is 42.5 Å². The van der Waals surface area contributed by atoms with Crippen molar-refractivity contribution < 1.29 is 4.74 Å². The molecule has 3 rings (SSSR count). The molecule has 2 heteroatoms. The third kappa shape index (κ3) is 2.21. The molecular weight excluding hydrogens is 222 g/mol. The SMILES string of the molecule is CCN1CCC(Oc2cccc3ccccc23)C1. The van der Waals surface area contributed by atoms with E-state index in [2.05, 4.69) is 54.3 Å². The number of rotatable bonds is 3. The van der Waals surface area contributed by atoms with Gasteiger partial charge in [0.1, 0.15) is 11.9 Å². The van der Waals surface area contributed by atoms with E-state index in [1.807, 2.05) is 0 Å². The first-order chi connectivity index (χ1) is 8.86. The van der Waals surface area contributed by atoms with E-state index in [1.54, 1.807) is 0 Å². The summed E-state index contributed by atoms with van der Waals surface area (Å²) < 4.78 is 6.18. The summed E-state index contributed by atoms with van der Waals surface area (Å²) in [5.74, 6) is 1.02. The summed E-state index contributed by atoms with van der Waals surface area (Å²) in [6.45, 7) is 5.54. The first kappa shape index (κ1) is 11.5. The molecule has 0 spiro atoms. The second-order valence-corrected chi connectivity index (χ2v) is 4.90. The molecule has 1 fully saturated rings. The van der Waals surface area contributed by atoms with Gasteiger partial charge in [0.2, 0.25) is 0 Å². The number of hydrogen-bond acceptors (Lipinski definition) is 2. The Kier molecular flexibility index (Phi) is 3.20. The summed E-state index contributed by atoms with van der Waals surface area (Å²) in [6.07, 6.45) is 1.48. The van der Waals surface area contributed by atoms with Crippen molar-refractivity contribution in [1.29, 1.82) is 0 Å². The minimum absolute atomic E-state index is 0.343. The number of hydrogen-bond donors (Lipinski definition) is 0. The minimum Gasteiger partial charge on any atom is -0.488 e. The molecular formula is C16H19NO.